The number of carbonyl (C=O) groups excluding carboxylic acids is 2. The lowest BCUT2D eigenvalue weighted by Crippen LogP contribution is -2.06. The molecule has 1 aromatic carbocycles. The van der Waals surface area contributed by atoms with Crippen molar-refractivity contribution in [2.75, 3.05) is 14.2 Å². The number of carboxylic acid groups (broad SMARTS) is 1. The Labute approximate surface area is 137 Å². The molecule has 0 spiro atoms. The third kappa shape index (κ3) is 3.89. The molecule has 1 N–H and O–H groups in total. The van der Waals surface area contributed by atoms with Crippen molar-refractivity contribution in [3.05, 3.63) is 53.3 Å². The predicted molar refractivity (Wildman–Crippen MR) is 83.5 cm³/mol. The van der Waals surface area contributed by atoms with Crippen molar-refractivity contribution in [3.63, 3.8) is 0 Å². The van der Waals surface area contributed by atoms with Crippen molar-refractivity contribution >= 4 is 24.0 Å². The summed E-state index contributed by atoms with van der Waals surface area (Å²) in [5.41, 5.74) is 0.775. The van der Waals surface area contributed by atoms with Crippen LogP contribution in [0.2, 0.25) is 0 Å². The second-order valence-corrected chi connectivity index (χ2v) is 4.66. The first kappa shape index (κ1) is 17.0. The Bertz CT molecular complexity index is 780. The monoisotopic (exact) mass is 330 g/mol. The number of ether oxygens (including phenoxy) is 2. The van der Waals surface area contributed by atoms with Gasteiger partial charge in [-0.2, -0.15) is 0 Å². The maximum atomic E-state index is 11.8. The average molecular weight is 330 g/mol. The highest BCUT2D eigenvalue weighted by Gasteiger charge is 2.16. The van der Waals surface area contributed by atoms with E-state index in [0.29, 0.717) is 17.1 Å². The van der Waals surface area contributed by atoms with Gasteiger partial charge in [0.2, 0.25) is 0 Å². The zero-order valence-corrected chi connectivity index (χ0v) is 12.9. The summed E-state index contributed by atoms with van der Waals surface area (Å²) >= 11 is 0. The number of furan rings is 1. The van der Waals surface area contributed by atoms with Gasteiger partial charge in [-0.05, 0) is 36.4 Å². The van der Waals surface area contributed by atoms with Crippen LogP contribution in [0.25, 0.3) is 17.4 Å². The number of carbonyl (C=O) groups is 3. The molecule has 0 saturated heterocycles. The van der Waals surface area contributed by atoms with Crippen LogP contribution in [0.5, 0.6) is 0 Å². The number of rotatable bonds is 5. The summed E-state index contributed by atoms with van der Waals surface area (Å²) in [6.45, 7) is 0. The van der Waals surface area contributed by atoms with E-state index in [1.807, 2.05) is 0 Å². The molecule has 0 aliphatic heterocycles. The molecule has 2 rings (SSSR count). The molecule has 0 atom stereocenters. The predicted octanol–water partition coefficient (Wildman–Crippen LogP) is 2.62. The van der Waals surface area contributed by atoms with Crippen LogP contribution < -0.4 is 0 Å². The van der Waals surface area contributed by atoms with E-state index >= 15 is 0 Å². The zero-order chi connectivity index (χ0) is 17.7. The highest BCUT2D eigenvalue weighted by Crippen LogP contribution is 2.26. The normalized spacial score (nSPS) is 10.6. The largest absolute Gasteiger partial charge is 0.478 e. The summed E-state index contributed by atoms with van der Waals surface area (Å²) in [4.78, 5) is 34.0. The number of esters is 2. The van der Waals surface area contributed by atoms with Crippen molar-refractivity contribution < 1.29 is 33.4 Å². The molecule has 1 heterocycles. The zero-order valence-electron chi connectivity index (χ0n) is 12.9. The Kier molecular flexibility index (Phi) is 5.16. The molecule has 0 aliphatic rings. The van der Waals surface area contributed by atoms with Crippen LogP contribution in [0.3, 0.4) is 0 Å². The van der Waals surface area contributed by atoms with Crippen LogP contribution in [0, 0.1) is 0 Å². The first-order valence-electron chi connectivity index (χ1n) is 6.77. The summed E-state index contributed by atoms with van der Waals surface area (Å²) < 4.78 is 14.8. The maximum Gasteiger partial charge on any atom is 0.337 e. The highest BCUT2D eigenvalue weighted by molar-refractivity contribution is 5.97. The minimum atomic E-state index is -1.10. The number of methoxy groups -OCH3 is 2. The summed E-state index contributed by atoms with van der Waals surface area (Å²) in [6, 6.07) is 7.52. The average Bonchev–Trinajstić information content (AvgIpc) is 3.07. The van der Waals surface area contributed by atoms with Gasteiger partial charge in [-0.1, -0.05) is 0 Å². The number of benzene rings is 1. The molecular formula is C17H14O7. The van der Waals surface area contributed by atoms with Gasteiger partial charge in [-0.3, -0.25) is 0 Å². The van der Waals surface area contributed by atoms with E-state index in [1.165, 1.54) is 38.5 Å². The first-order valence-corrected chi connectivity index (χ1v) is 6.77. The lowest BCUT2D eigenvalue weighted by atomic mass is 10.0. The van der Waals surface area contributed by atoms with Crippen LogP contribution in [-0.2, 0) is 14.3 Å². The van der Waals surface area contributed by atoms with Gasteiger partial charge in [-0.15, -0.1) is 0 Å². The Morgan fingerprint density at radius 3 is 2.08 bits per heavy atom. The fraction of sp³-hybridized carbons (Fsp3) is 0.118. The van der Waals surface area contributed by atoms with Gasteiger partial charge < -0.3 is 19.0 Å². The Morgan fingerprint density at radius 2 is 1.58 bits per heavy atom. The molecule has 24 heavy (non-hydrogen) atoms. The molecule has 0 unspecified atom stereocenters. The number of hydrogen-bond donors (Lipinski definition) is 1. The van der Waals surface area contributed by atoms with Crippen molar-refractivity contribution in [2.24, 2.45) is 0 Å². The lowest BCUT2D eigenvalue weighted by molar-refractivity contribution is -0.131. The van der Waals surface area contributed by atoms with E-state index < -0.39 is 17.9 Å². The SMILES string of the molecule is COC(=O)c1cc(C(=O)OC)cc(-c2ccc(/C=C/C(=O)O)o2)c1. The highest BCUT2D eigenvalue weighted by atomic mass is 16.5. The van der Waals surface area contributed by atoms with E-state index in [0.717, 1.165) is 6.08 Å². The molecule has 0 fully saturated rings. The summed E-state index contributed by atoms with van der Waals surface area (Å²) in [7, 11) is 2.46. The topological polar surface area (TPSA) is 103 Å². The minimum Gasteiger partial charge on any atom is -0.478 e. The van der Waals surface area contributed by atoms with Crippen LogP contribution in [-0.4, -0.2) is 37.2 Å². The van der Waals surface area contributed by atoms with Crippen molar-refractivity contribution in [1.82, 2.24) is 0 Å². The maximum absolute atomic E-state index is 11.8. The van der Waals surface area contributed by atoms with Gasteiger partial charge in [0, 0.05) is 11.6 Å². The molecule has 0 amide bonds. The molecule has 1 aromatic heterocycles. The van der Waals surface area contributed by atoms with Gasteiger partial charge >= 0.3 is 17.9 Å². The van der Waals surface area contributed by atoms with Crippen LogP contribution in [0.1, 0.15) is 26.5 Å². The Morgan fingerprint density at radius 1 is 1.00 bits per heavy atom. The number of aliphatic carboxylic acids is 1. The van der Waals surface area contributed by atoms with Gasteiger partial charge in [-0.25, -0.2) is 14.4 Å². The first-order chi connectivity index (χ1) is 11.4. The third-order valence-corrected chi connectivity index (χ3v) is 3.08. The number of carboxylic acids is 1. The molecular weight excluding hydrogens is 316 g/mol. The third-order valence-electron chi connectivity index (χ3n) is 3.08. The Balaban J connectivity index is 2.47. The number of hydrogen-bond acceptors (Lipinski definition) is 6. The second kappa shape index (κ2) is 7.28. The second-order valence-electron chi connectivity index (χ2n) is 4.66. The molecule has 0 radical (unpaired) electrons. The molecule has 2 aromatic rings. The standard InChI is InChI=1S/C17H14O7/c1-22-16(20)11-7-10(8-12(9-11)17(21)23-2)14-5-3-13(24-14)4-6-15(18)19/h3-9H,1-2H3,(H,18,19)/b6-4+. The van der Waals surface area contributed by atoms with Crippen LogP contribution in [0.15, 0.2) is 40.8 Å². The molecule has 0 saturated carbocycles. The van der Waals surface area contributed by atoms with E-state index in [2.05, 4.69) is 9.47 Å². The van der Waals surface area contributed by atoms with Crippen LogP contribution >= 0.6 is 0 Å². The van der Waals surface area contributed by atoms with Gasteiger partial charge in [0.15, 0.2) is 0 Å². The molecule has 7 nitrogen and oxygen atoms in total. The van der Waals surface area contributed by atoms with E-state index in [1.54, 1.807) is 12.1 Å². The fourth-order valence-corrected chi connectivity index (χ4v) is 1.99. The summed E-state index contributed by atoms with van der Waals surface area (Å²) in [5.74, 6) is -1.65. The lowest BCUT2D eigenvalue weighted by Gasteiger charge is -2.06. The van der Waals surface area contributed by atoms with E-state index in [9.17, 15) is 14.4 Å². The quantitative estimate of drug-likeness (QED) is 0.664. The van der Waals surface area contributed by atoms with Crippen molar-refractivity contribution in [1.29, 1.82) is 0 Å². The summed E-state index contributed by atoms with van der Waals surface area (Å²) in [5, 5.41) is 8.62. The van der Waals surface area contributed by atoms with E-state index in [4.69, 9.17) is 9.52 Å². The molecule has 0 bridgehead atoms. The molecule has 0 aliphatic carbocycles. The fourth-order valence-electron chi connectivity index (χ4n) is 1.99. The van der Waals surface area contributed by atoms with E-state index in [-0.39, 0.29) is 11.1 Å². The minimum absolute atomic E-state index is 0.162. The molecule has 124 valence electrons. The molecule has 7 heteroatoms. The van der Waals surface area contributed by atoms with Gasteiger partial charge in [0.1, 0.15) is 11.5 Å². The smallest absolute Gasteiger partial charge is 0.337 e. The van der Waals surface area contributed by atoms with Crippen LogP contribution in [0.4, 0.5) is 0 Å². The Hall–Kier alpha value is -3.35. The van der Waals surface area contributed by atoms with Gasteiger partial charge in [0.25, 0.3) is 0 Å². The van der Waals surface area contributed by atoms with Crippen molar-refractivity contribution in [2.45, 2.75) is 0 Å². The van der Waals surface area contributed by atoms with Gasteiger partial charge in [0.05, 0.1) is 25.3 Å². The van der Waals surface area contributed by atoms with Crippen molar-refractivity contribution in [3.8, 4) is 11.3 Å². The summed E-state index contributed by atoms with van der Waals surface area (Å²) in [6.07, 6.45) is 2.23.